The fraction of sp³-hybridized carbons (Fsp3) is 0.0526. The van der Waals surface area contributed by atoms with Crippen LogP contribution >= 0.6 is 23.1 Å². The largest absolute Gasteiger partial charge is 0.322 e. The van der Waals surface area contributed by atoms with Gasteiger partial charge in [-0.15, -0.1) is 5.10 Å². The summed E-state index contributed by atoms with van der Waals surface area (Å²) in [6, 6.07) is 15.0. The molecule has 134 valence electrons. The van der Waals surface area contributed by atoms with Gasteiger partial charge in [-0.05, 0) is 35.3 Å². The van der Waals surface area contributed by atoms with E-state index in [2.05, 4.69) is 20.0 Å². The van der Waals surface area contributed by atoms with Gasteiger partial charge in [0.15, 0.2) is 0 Å². The number of amides is 1. The van der Waals surface area contributed by atoms with Gasteiger partial charge in [0.1, 0.15) is 5.69 Å². The third-order valence-electron chi connectivity index (χ3n) is 3.98. The molecule has 0 unspecified atom stereocenters. The van der Waals surface area contributed by atoms with Crippen LogP contribution < -0.4 is 5.32 Å². The molecule has 0 radical (unpaired) electrons. The molecule has 2 aromatic heterocycles. The molecule has 1 amide bonds. The summed E-state index contributed by atoms with van der Waals surface area (Å²) in [5, 5.41) is 13.7. The van der Waals surface area contributed by atoms with Crippen molar-refractivity contribution in [3.8, 4) is 11.3 Å². The normalized spacial score (nSPS) is 10.7. The Kier molecular flexibility index (Phi) is 4.95. The third-order valence-corrected chi connectivity index (χ3v) is 4.86. The quantitative estimate of drug-likeness (QED) is 0.545. The van der Waals surface area contributed by atoms with Crippen molar-refractivity contribution in [1.29, 1.82) is 0 Å². The molecule has 4 rings (SSSR count). The van der Waals surface area contributed by atoms with Crippen LogP contribution in [0.5, 0.6) is 0 Å². The average Bonchev–Trinajstić information content (AvgIpc) is 3.36. The number of nitrogens with zero attached hydrogens (tertiary/aromatic N) is 4. The number of benzene rings is 2. The zero-order valence-electron chi connectivity index (χ0n) is 14.0. The third kappa shape index (κ3) is 4.05. The number of carbonyl (C=O) groups is 1. The Morgan fingerprint density at radius 2 is 1.96 bits per heavy atom. The number of aromatic nitrogens is 4. The second-order valence-corrected chi connectivity index (χ2v) is 6.86. The minimum absolute atomic E-state index is 0.219. The minimum Gasteiger partial charge on any atom is -0.322 e. The van der Waals surface area contributed by atoms with Crippen LogP contribution in [0.1, 0.15) is 15.9 Å². The summed E-state index contributed by atoms with van der Waals surface area (Å²) < 4.78 is 5.54. The van der Waals surface area contributed by atoms with Gasteiger partial charge in [0.05, 0.1) is 18.3 Å². The van der Waals surface area contributed by atoms with E-state index in [4.69, 9.17) is 11.6 Å². The number of anilines is 1. The van der Waals surface area contributed by atoms with Gasteiger partial charge in [-0.2, -0.15) is 5.10 Å². The molecule has 0 atom stereocenters. The van der Waals surface area contributed by atoms with Gasteiger partial charge in [-0.25, -0.2) is 0 Å². The summed E-state index contributed by atoms with van der Waals surface area (Å²) in [6.07, 6.45) is 3.25. The number of hydrogen-bond donors (Lipinski definition) is 1. The lowest BCUT2D eigenvalue weighted by atomic mass is 10.1. The molecule has 27 heavy (non-hydrogen) atoms. The van der Waals surface area contributed by atoms with Gasteiger partial charge in [0.25, 0.3) is 5.91 Å². The highest BCUT2D eigenvalue weighted by Gasteiger charge is 2.10. The maximum atomic E-state index is 12.4. The molecule has 8 heteroatoms. The Hall–Kier alpha value is -3.03. The molecule has 4 aromatic rings. The molecule has 2 heterocycles. The van der Waals surface area contributed by atoms with Gasteiger partial charge in [0, 0.05) is 27.9 Å². The van der Waals surface area contributed by atoms with Crippen molar-refractivity contribution in [2.24, 2.45) is 0 Å². The maximum Gasteiger partial charge on any atom is 0.258 e. The van der Waals surface area contributed by atoms with Crippen molar-refractivity contribution in [2.75, 3.05) is 5.32 Å². The second-order valence-electron chi connectivity index (χ2n) is 5.84. The van der Waals surface area contributed by atoms with E-state index in [1.54, 1.807) is 17.1 Å². The number of hydrogen-bond acceptors (Lipinski definition) is 5. The van der Waals surface area contributed by atoms with Crippen LogP contribution in [0.15, 0.2) is 66.3 Å². The topological polar surface area (TPSA) is 72.7 Å². The Labute approximate surface area is 164 Å². The van der Waals surface area contributed by atoms with Crippen molar-refractivity contribution in [1.82, 2.24) is 19.4 Å². The average molecular weight is 396 g/mol. The molecule has 0 fully saturated rings. The summed E-state index contributed by atoms with van der Waals surface area (Å²) in [4.78, 5) is 12.4. The molecule has 0 aliphatic rings. The van der Waals surface area contributed by atoms with Crippen molar-refractivity contribution >= 4 is 34.7 Å². The summed E-state index contributed by atoms with van der Waals surface area (Å²) in [6.45, 7) is 0.503. The van der Waals surface area contributed by atoms with Crippen LogP contribution in [-0.4, -0.2) is 25.3 Å². The van der Waals surface area contributed by atoms with Crippen LogP contribution in [0.2, 0.25) is 5.02 Å². The first-order valence-corrected chi connectivity index (χ1v) is 9.35. The second kappa shape index (κ2) is 7.69. The lowest BCUT2D eigenvalue weighted by Crippen LogP contribution is -2.11. The first kappa shape index (κ1) is 17.4. The molecule has 0 aliphatic carbocycles. The highest BCUT2D eigenvalue weighted by Crippen LogP contribution is 2.20. The monoisotopic (exact) mass is 395 g/mol. The zero-order valence-corrected chi connectivity index (χ0v) is 15.6. The molecule has 0 saturated carbocycles. The number of nitrogens with one attached hydrogen (secondary N) is 1. The van der Waals surface area contributed by atoms with E-state index < -0.39 is 0 Å². The lowest BCUT2D eigenvalue weighted by Gasteiger charge is -2.05. The molecule has 0 saturated heterocycles. The summed E-state index contributed by atoms with van der Waals surface area (Å²) in [7, 11) is 0. The molecule has 0 spiro atoms. The summed E-state index contributed by atoms with van der Waals surface area (Å²) in [5.41, 5.74) is 3.90. The van der Waals surface area contributed by atoms with Crippen LogP contribution in [-0.2, 0) is 6.54 Å². The zero-order chi connectivity index (χ0) is 18.6. The molecular formula is C19H14ClN5OS. The highest BCUT2D eigenvalue weighted by molar-refractivity contribution is 7.03. The Morgan fingerprint density at radius 1 is 1.15 bits per heavy atom. The molecule has 6 nitrogen and oxygen atoms in total. The van der Waals surface area contributed by atoms with E-state index in [0.717, 1.165) is 16.8 Å². The van der Waals surface area contributed by atoms with Gasteiger partial charge in [-0.1, -0.05) is 46.4 Å². The molecule has 0 aliphatic heterocycles. The van der Waals surface area contributed by atoms with Crippen molar-refractivity contribution in [3.63, 3.8) is 0 Å². The highest BCUT2D eigenvalue weighted by atomic mass is 35.5. The Morgan fingerprint density at radius 3 is 2.70 bits per heavy atom. The Bertz CT molecular complexity index is 1060. The van der Waals surface area contributed by atoms with Gasteiger partial charge < -0.3 is 5.32 Å². The van der Waals surface area contributed by atoms with Crippen molar-refractivity contribution < 1.29 is 4.79 Å². The first-order valence-electron chi connectivity index (χ1n) is 8.14. The van der Waals surface area contributed by atoms with Crippen LogP contribution in [0, 0.1) is 0 Å². The predicted octanol–water partition coefficient (Wildman–Crippen LogP) is 4.36. The number of halogens is 1. The molecule has 2 aromatic carbocycles. The van der Waals surface area contributed by atoms with Crippen LogP contribution in [0.4, 0.5) is 5.69 Å². The van der Waals surface area contributed by atoms with Crippen LogP contribution in [0.25, 0.3) is 11.3 Å². The molecular weight excluding hydrogens is 382 g/mol. The van der Waals surface area contributed by atoms with E-state index in [0.29, 0.717) is 22.8 Å². The lowest BCUT2D eigenvalue weighted by molar-refractivity contribution is 0.102. The molecule has 1 N–H and O–H groups in total. The standard InChI is InChI=1S/C19H14ClN5OS/c20-17-4-2-1-3-14(17)10-25-11-15(9-21-25)19(26)22-16-7-5-13(6-8-16)18-12-27-24-23-18/h1-9,11-12H,10H2,(H,22,26). The predicted molar refractivity (Wildman–Crippen MR) is 106 cm³/mol. The van der Waals surface area contributed by atoms with Gasteiger partial charge >= 0.3 is 0 Å². The van der Waals surface area contributed by atoms with E-state index in [9.17, 15) is 4.79 Å². The minimum atomic E-state index is -0.219. The van der Waals surface area contributed by atoms with E-state index in [-0.39, 0.29) is 5.91 Å². The summed E-state index contributed by atoms with van der Waals surface area (Å²) >= 11 is 7.47. The van der Waals surface area contributed by atoms with Crippen molar-refractivity contribution in [2.45, 2.75) is 6.54 Å². The van der Waals surface area contributed by atoms with E-state index >= 15 is 0 Å². The van der Waals surface area contributed by atoms with Gasteiger partial charge in [0.2, 0.25) is 0 Å². The summed E-state index contributed by atoms with van der Waals surface area (Å²) in [5.74, 6) is -0.219. The number of rotatable bonds is 5. The SMILES string of the molecule is O=C(Nc1ccc(-c2csnn2)cc1)c1cnn(Cc2ccccc2Cl)c1. The van der Waals surface area contributed by atoms with E-state index in [1.807, 2.05) is 53.9 Å². The van der Waals surface area contributed by atoms with Crippen LogP contribution in [0.3, 0.4) is 0 Å². The Balaban J connectivity index is 1.43. The smallest absolute Gasteiger partial charge is 0.258 e. The van der Waals surface area contributed by atoms with Crippen molar-refractivity contribution in [3.05, 3.63) is 82.5 Å². The van der Waals surface area contributed by atoms with E-state index in [1.165, 1.54) is 11.5 Å². The molecule has 0 bridgehead atoms. The first-order chi connectivity index (χ1) is 13.2. The number of carbonyl (C=O) groups excluding carboxylic acids is 1. The van der Waals surface area contributed by atoms with Gasteiger partial charge in [-0.3, -0.25) is 9.48 Å². The maximum absolute atomic E-state index is 12.4. The fourth-order valence-electron chi connectivity index (χ4n) is 2.59. The fourth-order valence-corrected chi connectivity index (χ4v) is 3.25.